The molecule has 0 atom stereocenters. The van der Waals surface area contributed by atoms with Crippen molar-refractivity contribution in [2.24, 2.45) is 0 Å². The molecule has 7 heteroatoms. The minimum atomic E-state index is -3.88. The van der Waals surface area contributed by atoms with E-state index in [2.05, 4.69) is 10.0 Å². The summed E-state index contributed by atoms with van der Waals surface area (Å²) in [6.45, 7) is -0.430. The molecular formula is C20H17FN2O3S. The minimum Gasteiger partial charge on any atom is -0.325 e. The Bertz CT molecular complexity index is 1020. The molecule has 0 bridgehead atoms. The van der Waals surface area contributed by atoms with E-state index in [-0.39, 0.29) is 4.90 Å². The molecule has 0 saturated carbocycles. The van der Waals surface area contributed by atoms with Gasteiger partial charge in [0.15, 0.2) is 0 Å². The predicted molar refractivity (Wildman–Crippen MR) is 102 cm³/mol. The van der Waals surface area contributed by atoms with Crippen LogP contribution in [0.2, 0.25) is 0 Å². The van der Waals surface area contributed by atoms with Gasteiger partial charge in [-0.25, -0.2) is 17.5 Å². The maximum atomic E-state index is 12.9. The molecule has 3 rings (SSSR count). The van der Waals surface area contributed by atoms with Crippen LogP contribution in [0.1, 0.15) is 0 Å². The Kier molecular flexibility index (Phi) is 5.63. The van der Waals surface area contributed by atoms with Crippen molar-refractivity contribution in [2.75, 3.05) is 11.9 Å². The zero-order valence-electron chi connectivity index (χ0n) is 14.2. The molecule has 1 amide bonds. The second-order valence-corrected chi connectivity index (χ2v) is 7.54. The number of benzene rings is 3. The number of hydrogen-bond donors (Lipinski definition) is 2. The molecule has 0 aliphatic heterocycles. The van der Waals surface area contributed by atoms with Crippen molar-refractivity contribution in [1.29, 1.82) is 0 Å². The molecule has 0 fully saturated rings. The minimum absolute atomic E-state index is 0.107. The maximum absolute atomic E-state index is 12.9. The lowest BCUT2D eigenvalue weighted by atomic mass is 10.1. The third-order valence-electron chi connectivity index (χ3n) is 3.82. The topological polar surface area (TPSA) is 75.3 Å². The third kappa shape index (κ3) is 4.99. The van der Waals surface area contributed by atoms with Crippen LogP contribution in [0.15, 0.2) is 83.8 Å². The summed E-state index contributed by atoms with van der Waals surface area (Å²) in [6, 6.07) is 21.4. The van der Waals surface area contributed by atoms with Crippen molar-refractivity contribution in [3.8, 4) is 11.1 Å². The molecule has 0 heterocycles. The first-order valence-electron chi connectivity index (χ1n) is 8.15. The molecule has 0 unspecified atom stereocenters. The van der Waals surface area contributed by atoms with Gasteiger partial charge in [0.05, 0.1) is 11.4 Å². The number of amides is 1. The van der Waals surface area contributed by atoms with E-state index >= 15 is 0 Å². The van der Waals surface area contributed by atoms with Gasteiger partial charge in [-0.1, -0.05) is 42.5 Å². The van der Waals surface area contributed by atoms with E-state index in [1.165, 1.54) is 0 Å². The monoisotopic (exact) mass is 384 g/mol. The fourth-order valence-corrected chi connectivity index (χ4v) is 3.42. The number of nitrogens with one attached hydrogen (secondary N) is 2. The van der Waals surface area contributed by atoms with Crippen LogP contribution >= 0.6 is 0 Å². The average molecular weight is 384 g/mol. The highest BCUT2D eigenvalue weighted by atomic mass is 32.2. The fourth-order valence-electron chi connectivity index (χ4n) is 2.44. The zero-order chi connectivity index (χ0) is 19.3. The number of rotatable bonds is 6. The van der Waals surface area contributed by atoms with E-state index in [4.69, 9.17) is 0 Å². The summed E-state index contributed by atoms with van der Waals surface area (Å²) in [7, 11) is -3.88. The molecule has 27 heavy (non-hydrogen) atoms. The number of carbonyl (C=O) groups is 1. The molecule has 0 aliphatic carbocycles. The predicted octanol–water partition coefficient (Wildman–Crippen LogP) is 3.41. The van der Waals surface area contributed by atoms with Crippen molar-refractivity contribution >= 4 is 21.6 Å². The molecule has 0 aromatic heterocycles. The van der Waals surface area contributed by atoms with E-state index < -0.39 is 28.3 Å². The smallest absolute Gasteiger partial charge is 0.241 e. The SMILES string of the molecule is O=C(CNS(=O)(=O)c1ccc(F)cc1)Nc1ccc(-c2ccccc2)cc1. The van der Waals surface area contributed by atoms with Crippen LogP contribution in [0.25, 0.3) is 11.1 Å². The second kappa shape index (κ2) is 8.11. The van der Waals surface area contributed by atoms with Crippen LogP contribution in [0, 0.1) is 5.82 Å². The number of carbonyl (C=O) groups excluding carboxylic acids is 1. The Balaban J connectivity index is 1.58. The molecule has 0 radical (unpaired) electrons. The molecule has 3 aromatic carbocycles. The van der Waals surface area contributed by atoms with E-state index in [0.29, 0.717) is 5.69 Å². The van der Waals surface area contributed by atoms with E-state index in [0.717, 1.165) is 35.4 Å². The van der Waals surface area contributed by atoms with Crippen LogP contribution in [0.3, 0.4) is 0 Å². The highest BCUT2D eigenvalue weighted by molar-refractivity contribution is 7.89. The molecule has 3 aromatic rings. The van der Waals surface area contributed by atoms with Crippen molar-refractivity contribution in [1.82, 2.24) is 4.72 Å². The highest BCUT2D eigenvalue weighted by Crippen LogP contribution is 2.20. The van der Waals surface area contributed by atoms with Crippen LogP contribution < -0.4 is 10.0 Å². The Labute approximate surface area is 156 Å². The Hall–Kier alpha value is -3.03. The normalized spacial score (nSPS) is 11.1. The summed E-state index contributed by atoms with van der Waals surface area (Å²) >= 11 is 0. The van der Waals surface area contributed by atoms with Gasteiger partial charge >= 0.3 is 0 Å². The van der Waals surface area contributed by atoms with Crippen molar-refractivity contribution in [2.45, 2.75) is 4.90 Å². The second-order valence-electron chi connectivity index (χ2n) is 5.77. The van der Waals surface area contributed by atoms with Crippen molar-refractivity contribution in [3.63, 3.8) is 0 Å². The lowest BCUT2D eigenvalue weighted by molar-refractivity contribution is -0.115. The van der Waals surface area contributed by atoms with Crippen LogP contribution in [-0.4, -0.2) is 20.9 Å². The van der Waals surface area contributed by atoms with E-state index in [1.54, 1.807) is 12.1 Å². The zero-order valence-corrected chi connectivity index (χ0v) is 15.0. The van der Waals surface area contributed by atoms with Gasteiger partial charge < -0.3 is 5.32 Å². The van der Waals surface area contributed by atoms with E-state index in [9.17, 15) is 17.6 Å². The van der Waals surface area contributed by atoms with Gasteiger partial charge in [-0.3, -0.25) is 4.79 Å². The summed E-state index contributed by atoms with van der Waals surface area (Å²) < 4.78 is 39.3. The lowest BCUT2D eigenvalue weighted by Gasteiger charge is -2.09. The summed E-state index contributed by atoms with van der Waals surface area (Å²) in [5.41, 5.74) is 2.62. The van der Waals surface area contributed by atoms with E-state index in [1.807, 2.05) is 42.5 Å². The number of halogens is 1. The first-order chi connectivity index (χ1) is 12.9. The summed E-state index contributed by atoms with van der Waals surface area (Å²) in [6.07, 6.45) is 0. The largest absolute Gasteiger partial charge is 0.325 e. The van der Waals surface area contributed by atoms with Gasteiger partial charge in [0.25, 0.3) is 0 Å². The first-order valence-corrected chi connectivity index (χ1v) is 9.63. The molecule has 138 valence electrons. The Morgan fingerprint density at radius 2 is 1.41 bits per heavy atom. The maximum Gasteiger partial charge on any atom is 0.241 e. The van der Waals surface area contributed by atoms with Gasteiger partial charge in [-0.15, -0.1) is 0 Å². The van der Waals surface area contributed by atoms with Crippen LogP contribution in [-0.2, 0) is 14.8 Å². The molecule has 0 saturated heterocycles. The summed E-state index contributed by atoms with van der Waals surface area (Å²) in [5, 5.41) is 2.63. The molecular weight excluding hydrogens is 367 g/mol. The Morgan fingerprint density at radius 1 is 0.815 bits per heavy atom. The van der Waals surface area contributed by atoms with Gasteiger partial charge in [-0.2, -0.15) is 0 Å². The number of hydrogen-bond acceptors (Lipinski definition) is 3. The van der Waals surface area contributed by atoms with Crippen molar-refractivity contribution in [3.05, 3.63) is 84.7 Å². The highest BCUT2D eigenvalue weighted by Gasteiger charge is 2.15. The molecule has 0 spiro atoms. The van der Waals surface area contributed by atoms with Gasteiger partial charge in [0.1, 0.15) is 5.82 Å². The number of anilines is 1. The third-order valence-corrected chi connectivity index (χ3v) is 5.24. The van der Waals surface area contributed by atoms with Crippen LogP contribution in [0.4, 0.5) is 10.1 Å². The van der Waals surface area contributed by atoms with Crippen LogP contribution in [0.5, 0.6) is 0 Å². The Morgan fingerprint density at radius 3 is 2.04 bits per heavy atom. The molecule has 2 N–H and O–H groups in total. The quantitative estimate of drug-likeness (QED) is 0.684. The standard InChI is InChI=1S/C20H17FN2O3S/c21-17-8-12-19(13-9-17)27(25,26)22-14-20(24)23-18-10-6-16(7-11-18)15-4-2-1-3-5-15/h1-13,22H,14H2,(H,23,24). The van der Waals surface area contributed by atoms with Gasteiger partial charge in [0.2, 0.25) is 15.9 Å². The summed E-state index contributed by atoms with van der Waals surface area (Å²) in [5.74, 6) is -1.04. The molecule has 0 aliphatic rings. The fraction of sp³-hybridized carbons (Fsp3) is 0.0500. The number of sulfonamides is 1. The molecule has 5 nitrogen and oxygen atoms in total. The van der Waals surface area contributed by atoms with Crippen molar-refractivity contribution < 1.29 is 17.6 Å². The lowest BCUT2D eigenvalue weighted by Crippen LogP contribution is -2.32. The van der Waals surface area contributed by atoms with Gasteiger partial charge in [-0.05, 0) is 47.5 Å². The van der Waals surface area contributed by atoms with Gasteiger partial charge in [0, 0.05) is 5.69 Å². The average Bonchev–Trinajstić information content (AvgIpc) is 2.68. The first kappa shape index (κ1) is 18.8. The summed E-state index contributed by atoms with van der Waals surface area (Å²) in [4.78, 5) is 11.9.